The van der Waals surface area contributed by atoms with Crippen molar-refractivity contribution in [3.05, 3.63) is 69.2 Å². The zero-order valence-corrected chi connectivity index (χ0v) is 15.2. The van der Waals surface area contributed by atoms with E-state index in [0.717, 1.165) is 16.8 Å². The molecule has 0 fully saturated rings. The van der Waals surface area contributed by atoms with Gasteiger partial charge in [0.2, 0.25) is 5.78 Å². The molecule has 0 amide bonds. The third-order valence-electron chi connectivity index (χ3n) is 4.38. The normalized spacial score (nSPS) is 11.3. The number of hydrogen-bond acceptors (Lipinski definition) is 4. The molecule has 6 nitrogen and oxygen atoms in total. The van der Waals surface area contributed by atoms with Crippen LogP contribution in [0.4, 0.5) is 0 Å². The maximum Gasteiger partial charge on any atom is 0.262 e. The van der Waals surface area contributed by atoms with Gasteiger partial charge < -0.3 is 4.74 Å². The average Bonchev–Trinajstić information content (AvgIpc) is 3.05. The van der Waals surface area contributed by atoms with Crippen LogP contribution in [0.25, 0.3) is 16.7 Å². The Morgan fingerprint density at radius 3 is 2.73 bits per heavy atom. The molecule has 0 radical (unpaired) electrons. The van der Waals surface area contributed by atoms with Crippen LogP contribution in [0.3, 0.4) is 0 Å². The summed E-state index contributed by atoms with van der Waals surface area (Å²) in [5, 5.41) is 9.78. The molecular weight excluding hydrogens is 352 g/mol. The first-order chi connectivity index (χ1) is 12.6. The molecule has 0 aliphatic carbocycles. The molecule has 0 aliphatic heterocycles. The molecule has 0 saturated carbocycles. The van der Waals surface area contributed by atoms with Crippen LogP contribution in [0.5, 0.6) is 5.75 Å². The lowest BCUT2D eigenvalue weighted by molar-refractivity contribution is 0.293. The SMILES string of the molecule is CCn1c(=O)c2ccccc2n2c(COc3ccc(Cl)cc3C)nnc12. The molecule has 0 spiro atoms. The number of aromatic nitrogens is 4. The first kappa shape index (κ1) is 16.6. The van der Waals surface area contributed by atoms with E-state index >= 15 is 0 Å². The van der Waals surface area contributed by atoms with Gasteiger partial charge in [-0.25, -0.2) is 0 Å². The third-order valence-corrected chi connectivity index (χ3v) is 4.62. The van der Waals surface area contributed by atoms with Crippen LogP contribution in [0.2, 0.25) is 5.02 Å². The molecule has 4 rings (SSSR count). The third kappa shape index (κ3) is 2.63. The summed E-state index contributed by atoms with van der Waals surface area (Å²) in [6.45, 7) is 4.60. The highest BCUT2D eigenvalue weighted by Gasteiger charge is 2.16. The van der Waals surface area contributed by atoms with Crippen LogP contribution >= 0.6 is 11.6 Å². The highest BCUT2D eigenvalue weighted by molar-refractivity contribution is 6.30. The lowest BCUT2D eigenvalue weighted by Crippen LogP contribution is -2.22. The van der Waals surface area contributed by atoms with E-state index in [0.29, 0.717) is 28.6 Å². The Kier molecular flexibility index (Phi) is 4.12. The second-order valence-corrected chi connectivity index (χ2v) is 6.45. The number of para-hydroxylation sites is 1. The van der Waals surface area contributed by atoms with E-state index in [1.807, 2.05) is 54.6 Å². The standard InChI is InChI=1S/C19H17ClN4O2/c1-3-23-18(25)14-6-4-5-7-15(14)24-17(21-22-19(23)24)11-26-16-9-8-13(20)10-12(16)2/h4-10H,3,11H2,1-2H3. The van der Waals surface area contributed by atoms with Gasteiger partial charge in [0.25, 0.3) is 5.56 Å². The summed E-state index contributed by atoms with van der Waals surface area (Å²) in [7, 11) is 0. The Labute approximate surface area is 154 Å². The molecule has 7 heteroatoms. The number of ether oxygens (including phenoxy) is 1. The quantitative estimate of drug-likeness (QED) is 0.552. The van der Waals surface area contributed by atoms with E-state index < -0.39 is 0 Å². The Bertz CT molecular complexity index is 1180. The molecule has 132 valence electrons. The van der Waals surface area contributed by atoms with Crippen molar-refractivity contribution in [3.63, 3.8) is 0 Å². The fourth-order valence-corrected chi connectivity index (χ4v) is 3.34. The van der Waals surface area contributed by atoms with Crippen molar-refractivity contribution in [1.82, 2.24) is 19.2 Å². The Hall–Kier alpha value is -2.86. The molecular formula is C19H17ClN4O2. The molecule has 0 saturated heterocycles. The topological polar surface area (TPSA) is 61.4 Å². The molecule has 2 heterocycles. The molecule has 0 atom stereocenters. The van der Waals surface area contributed by atoms with Crippen molar-refractivity contribution in [2.45, 2.75) is 27.0 Å². The minimum Gasteiger partial charge on any atom is -0.485 e. The van der Waals surface area contributed by atoms with Crippen molar-refractivity contribution in [2.75, 3.05) is 0 Å². The molecule has 0 N–H and O–H groups in total. The Balaban J connectivity index is 1.84. The predicted molar refractivity (Wildman–Crippen MR) is 101 cm³/mol. The van der Waals surface area contributed by atoms with Gasteiger partial charge in [-0.1, -0.05) is 23.7 Å². The largest absolute Gasteiger partial charge is 0.485 e. The van der Waals surface area contributed by atoms with E-state index in [9.17, 15) is 4.79 Å². The van der Waals surface area contributed by atoms with Gasteiger partial charge >= 0.3 is 0 Å². The van der Waals surface area contributed by atoms with Crippen LogP contribution in [0.1, 0.15) is 18.3 Å². The summed E-state index contributed by atoms with van der Waals surface area (Å²) in [6.07, 6.45) is 0. The number of hydrogen-bond donors (Lipinski definition) is 0. The van der Waals surface area contributed by atoms with E-state index in [4.69, 9.17) is 16.3 Å². The number of fused-ring (bicyclic) bond motifs is 3. The molecule has 26 heavy (non-hydrogen) atoms. The van der Waals surface area contributed by atoms with Crippen molar-refractivity contribution < 1.29 is 4.74 Å². The number of benzene rings is 2. The van der Waals surface area contributed by atoms with Gasteiger partial charge in [0.05, 0.1) is 10.9 Å². The number of aryl methyl sites for hydroxylation is 2. The van der Waals surface area contributed by atoms with Crippen molar-refractivity contribution >= 4 is 28.3 Å². The van der Waals surface area contributed by atoms with Crippen LogP contribution in [0.15, 0.2) is 47.3 Å². The first-order valence-corrected chi connectivity index (χ1v) is 8.72. The van der Waals surface area contributed by atoms with Gasteiger partial charge in [0.15, 0.2) is 5.82 Å². The van der Waals surface area contributed by atoms with E-state index in [1.165, 1.54) is 0 Å². The minimum atomic E-state index is -0.0657. The Morgan fingerprint density at radius 2 is 1.96 bits per heavy atom. The summed E-state index contributed by atoms with van der Waals surface area (Å²) < 4.78 is 9.43. The van der Waals surface area contributed by atoms with E-state index in [-0.39, 0.29) is 12.2 Å². The molecule has 0 bridgehead atoms. The Morgan fingerprint density at radius 1 is 1.15 bits per heavy atom. The fraction of sp³-hybridized carbons (Fsp3) is 0.211. The van der Waals surface area contributed by atoms with Crippen LogP contribution in [-0.4, -0.2) is 19.2 Å². The zero-order chi connectivity index (χ0) is 18.3. The smallest absolute Gasteiger partial charge is 0.262 e. The van der Waals surface area contributed by atoms with Crippen LogP contribution < -0.4 is 10.3 Å². The summed E-state index contributed by atoms with van der Waals surface area (Å²) in [5.41, 5.74) is 1.65. The summed E-state index contributed by atoms with van der Waals surface area (Å²) >= 11 is 5.99. The van der Waals surface area contributed by atoms with Gasteiger partial charge in [-0.3, -0.25) is 13.8 Å². The number of nitrogens with zero attached hydrogens (tertiary/aromatic N) is 4. The summed E-state index contributed by atoms with van der Waals surface area (Å²) in [5.74, 6) is 1.88. The number of rotatable bonds is 4. The fourth-order valence-electron chi connectivity index (χ4n) is 3.11. The molecule has 0 unspecified atom stereocenters. The van der Waals surface area contributed by atoms with Crippen molar-refractivity contribution in [3.8, 4) is 5.75 Å². The maximum atomic E-state index is 12.7. The average molecular weight is 369 g/mol. The second kappa shape index (κ2) is 6.46. The highest BCUT2D eigenvalue weighted by atomic mass is 35.5. The van der Waals surface area contributed by atoms with Crippen LogP contribution in [0, 0.1) is 6.92 Å². The second-order valence-electron chi connectivity index (χ2n) is 6.02. The van der Waals surface area contributed by atoms with E-state index in [1.54, 1.807) is 10.6 Å². The first-order valence-electron chi connectivity index (χ1n) is 8.34. The monoisotopic (exact) mass is 368 g/mol. The lowest BCUT2D eigenvalue weighted by atomic mass is 10.2. The summed E-state index contributed by atoms with van der Waals surface area (Å²) in [4.78, 5) is 12.7. The molecule has 0 aliphatic rings. The number of halogens is 1. The maximum absolute atomic E-state index is 12.7. The minimum absolute atomic E-state index is 0.0657. The van der Waals surface area contributed by atoms with Gasteiger partial charge in [-0.15, -0.1) is 10.2 Å². The van der Waals surface area contributed by atoms with Crippen molar-refractivity contribution in [2.24, 2.45) is 0 Å². The summed E-state index contributed by atoms with van der Waals surface area (Å²) in [6, 6.07) is 12.9. The van der Waals surface area contributed by atoms with Gasteiger partial charge in [-0.05, 0) is 49.7 Å². The van der Waals surface area contributed by atoms with E-state index in [2.05, 4.69) is 10.2 Å². The van der Waals surface area contributed by atoms with Gasteiger partial charge in [0.1, 0.15) is 12.4 Å². The van der Waals surface area contributed by atoms with Crippen LogP contribution in [-0.2, 0) is 13.2 Å². The van der Waals surface area contributed by atoms with Gasteiger partial charge in [0, 0.05) is 11.6 Å². The van der Waals surface area contributed by atoms with Crippen molar-refractivity contribution in [1.29, 1.82) is 0 Å². The lowest BCUT2D eigenvalue weighted by Gasteiger charge is -2.11. The van der Waals surface area contributed by atoms with Gasteiger partial charge in [-0.2, -0.15) is 0 Å². The predicted octanol–water partition coefficient (Wildman–Crippen LogP) is 3.60. The molecule has 4 aromatic rings. The molecule has 2 aromatic carbocycles. The highest BCUT2D eigenvalue weighted by Crippen LogP contribution is 2.23. The molecule has 2 aromatic heterocycles. The zero-order valence-electron chi connectivity index (χ0n) is 14.4.